The number of aliphatic hydroxyl groups is 2. The van der Waals surface area contributed by atoms with Gasteiger partial charge in [-0.25, -0.2) is 4.79 Å². The highest BCUT2D eigenvalue weighted by atomic mass is 16.5. The SMILES string of the molecule is COc1ccc(CN2C3=C(C=CC2C(=O)O)C(=O)C(CO)C(CO)c2cc4[nH]ccc4cc23)c(OC)c1. The summed E-state index contributed by atoms with van der Waals surface area (Å²) >= 11 is 0. The first-order valence-electron chi connectivity index (χ1n) is 11.9. The molecule has 4 N–H and O–H groups in total. The first kappa shape index (κ1) is 24.6. The molecule has 2 aromatic carbocycles. The monoisotopic (exact) mass is 504 g/mol. The molecule has 3 unspecified atom stereocenters. The smallest absolute Gasteiger partial charge is 0.330 e. The Kier molecular flexibility index (Phi) is 6.49. The number of carboxylic acids is 1. The number of carboxylic acid groups (broad SMARTS) is 1. The molecule has 9 heteroatoms. The van der Waals surface area contributed by atoms with Crippen LogP contribution in [0.15, 0.2) is 60.3 Å². The standard InChI is InChI=1S/C28H28N2O7/c1-36-17-4-3-16(25(10-17)37-2)12-30-24(28(34)35)6-5-18-26(30)20-9-15-7-8-29-23(15)11-19(20)21(13-31)22(14-32)27(18)33/h3-11,21-22,24,29,31-32H,12-14H2,1-2H3,(H,34,35). The molecule has 37 heavy (non-hydrogen) atoms. The molecule has 0 saturated heterocycles. The predicted octanol–water partition coefficient (Wildman–Crippen LogP) is 2.69. The number of aromatic amines is 1. The van der Waals surface area contributed by atoms with Crippen LogP contribution >= 0.6 is 0 Å². The van der Waals surface area contributed by atoms with Crippen molar-refractivity contribution in [2.75, 3.05) is 27.4 Å². The molecule has 1 aliphatic carbocycles. The summed E-state index contributed by atoms with van der Waals surface area (Å²) in [7, 11) is 3.07. The van der Waals surface area contributed by atoms with Crippen LogP contribution in [0.5, 0.6) is 11.5 Å². The molecule has 3 atom stereocenters. The number of fused-ring (bicyclic) bond motifs is 3. The molecular weight excluding hydrogens is 476 g/mol. The number of hydrogen-bond donors (Lipinski definition) is 4. The molecule has 0 radical (unpaired) electrons. The predicted molar refractivity (Wildman–Crippen MR) is 136 cm³/mol. The topological polar surface area (TPSA) is 132 Å². The van der Waals surface area contributed by atoms with Crippen molar-refractivity contribution in [2.24, 2.45) is 5.92 Å². The van der Waals surface area contributed by atoms with Crippen LogP contribution in [0.25, 0.3) is 16.6 Å². The zero-order valence-electron chi connectivity index (χ0n) is 20.5. The molecule has 1 aliphatic heterocycles. The van der Waals surface area contributed by atoms with Gasteiger partial charge >= 0.3 is 5.97 Å². The van der Waals surface area contributed by atoms with Crippen molar-refractivity contribution in [1.29, 1.82) is 0 Å². The van der Waals surface area contributed by atoms with Gasteiger partial charge in [0.05, 0.1) is 39.0 Å². The third-order valence-electron chi connectivity index (χ3n) is 7.27. The maximum atomic E-state index is 13.8. The molecule has 0 bridgehead atoms. The molecule has 0 saturated carbocycles. The number of ether oxygens (including phenoxy) is 2. The van der Waals surface area contributed by atoms with Crippen molar-refractivity contribution < 1.29 is 34.4 Å². The first-order chi connectivity index (χ1) is 17.9. The number of ketones is 1. The number of aromatic nitrogens is 1. The summed E-state index contributed by atoms with van der Waals surface area (Å²) in [6.07, 6.45) is 4.81. The van der Waals surface area contributed by atoms with Crippen molar-refractivity contribution in [1.82, 2.24) is 9.88 Å². The second-order valence-electron chi connectivity index (χ2n) is 9.16. The molecule has 192 valence electrons. The molecule has 2 aliphatic rings. The molecule has 2 heterocycles. The molecular formula is C28H28N2O7. The van der Waals surface area contributed by atoms with Gasteiger partial charge in [-0.2, -0.15) is 0 Å². The maximum Gasteiger partial charge on any atom is 0.330 e. The van der Waals surface area contributed by atoms with Crippen LogP contribution in [0.4, 0.5) is 0 Å². The lowest BCUT2D eigenvalue weighted by atomic mass is 9.83. The number of aliphatic hydroxyl groups excluding tert-OH is 2. The highest BCUT2D eigenvalue weighted by Gasteiger charge is 2.42. The van der Waals surface area contributed by atoms with E-state index in [1.54, 1.807) is 36.4 Å². The molecule has 0 amide bonds. The van der Waals surface area contributed by atoms with Crippen molar-refractivity contribution >= 4 is 28.4 Å². The van der Waals surface area contributed by atoms with E-state index in [2.05, 4.69) is 4.98 Å². The molecule has 0 spiro atoms. The second kappa shape index (κ2) is 9.76. The van der Waals surface area contributed by atoms with Crippen molar-refractivity contribution in [3.63, 3.8) is 0 Å². The van der Waals surface area contributed by atoms with Crippen LogP contribution in [0.3, 0.4) is 0 Å². The minimum atomic E-state index is -1.08. The number of carbonyl (C=O) groups is 2. The van der Waals surface area contributed by atoms with E-state index in [-0.39, 0.29) is 18.9 Å². The summed E-state index contributed by atoms with van der Waals surface area (Å²) in [5, 5.41) is 31.6. The van der Waals surface area contributed by atoms with Crippen molar-refractivity contribution in [3.05, 3.63) is 77.0 Å². The van der Waals surface area contributed by atoms with Gasteiger partial charge in [0.15, 0.2) is 5.78 Å². The highest BCUT2D eigenvalue weighted by molar-refractivity contribution is 6.10. The van der Waals surface area contributed by atoms with Gasteiger partial charge in [0.25, 0.3) is 0 Å². The number of allylic oxidation sites excluding steroid dienone is 2. The number of benzene rings is 2. The number of nitrogens with zero attached hydrogens (tertiary/aromatic N) is 1. The van der Waals surface area contributed by atoms with Crippen LogP contribution < -0.4 is 9.47 Å². The van der Waals surface area contributed by atoms with Gasteiger partial charge in [-0.3, -0.25) is 4.79 Å². The number of H-pyrrole nitrogens is 1. The Morgan fingerprint density at radius 3 is 2.51 bits per heavy atom. The van der Waals surface area contributed by atoms with E-state index in [9.17, 15) is 24.9 Å². The van der Waals surface area contributed by atoms with Crippen molar-refractivity contribution in [3.8, 4) is 11.5 Å². The minimum absolute atomic E-state index is 0.124. The Balaban J connectivity index is 1.76. The Morgan fingerprint density at radius 2 is 1.84 bits per heavy atom. The second-order valence-corrected chi connectivity index (χ2v) is 9.16. The summed E-state index contributed by atoms with van der Waals surface area (Å²) < 4.78 is 10.9. The van der Waals surface area contributed by atoms with Gasteiger partial charge in [0.1, 0.15) is 17.5 Å². The summed E-state index contributed by atoms with van der Waals surface area (Å²) in [4.78, 5) is 31.0. The van der Waals surface area contributed by atoms with Crippen LogP contribution in [-0.4, -0.2) is 70.4 Å². The lowest BCUT2D eigenvalue weighted by molar-refractivity contribution is -0.140. The number of aliphatic carboxylic acids is 1. The number of methoxy groups -OCH3 is 2. The maximum absolute atomic E-state index is 13.8. The summed E-state index contributed by atoms with van der Waals surface area (Å²) in [5.41, 5.74) is 3.58. The Hall–Kier alpha value is -4.08. The highest BCUT2D eigenvalue weighted by Crippen LogP contribution is 2.44. The third kappa shape index (κ3) is 4.06. The Labute approximate surface area is 213 Å². The molecule has 0 fully saturated rings. The number of rotatable bonds is 7. The molecule has 3 aromatic rings. The van der Waals surface area contributed by atoms with Crippen LogP contribution in [0.2, 0.25) is 0 Å². The Bertz CT molecular complexity index is 1440. The fraction of sp³-hybridized carbons (Fsp3) is 0.286. The fourth-order valence-electron chi connectivity index (χ4n) is 5.39. The average Bonchev–Trinajstić information content (AvgIpc) is 3.34. The lowest BCUT2D eigenvalue weighted by Crippen LogP contribution is -2.41. The number of hydrogen-bond acceptors (Lipinski definition) is 7. The normalized spacial score (nSPS) is 21.0. The molecule has 1 aromatic heterocycles. The third-order valence-corrected chi connectivity index (χ3v) is 7.27. The van der Waals surface area contributed by atoms with E-state index in [1.165, 1.54) is 19.3 Å². The summed E-state index contributed by atoms with van der Waals surface area (Å²) in [6, 6.07) is 9.90. The van der Waals surface area contributed by atoms with Gasteiger partial charge in [-0.05, 0) is 35.9 Å². The number of Topliss-reactive ketones (excluding diaryl/α,β-unsaturated/α-hetero) is 1. The first-order valence-corrected chi connectivity index (χ1v) is 11.9. The van der Waals surface area contributed by atoms with E-state index in [1.807, 2.05) is 18.2 Å². The summed E-state index contributed by atoms with van der Waals surface area (Å²) in [5.74, 6) is -1.86. The fourth-order valence-corrected chi connectivity index (χ4v) is 5.39. The quantitative estimate of drug-likeness (QED) is 0.386. The average molecular weight is 505 g/mol. The summed E-state index contributed by atoms with van der Waals surface area (Å²) in [6.45, 7) is -0.681. The zero-order valence-corrected chi connectivity index (χ0v) is 20.5. The van der Waals surface area contributed by atoms with E-state index >= 15 is 0 Å². The van der Waals surface area contributed by atoms with Crippen LogP contribution in [-0.2, 0) is 16.1 Å². The Morgan fingerprint density at radius 1 is 1.05 bits per heavy atom. The molecule has 5 rings (SSSR count). The van der Waals surface area contributed by atoms with Gasteiger partial charge in [0.2, 0.25) is 0 Å². The van der Waals surface area contributed by atoms with Crippen molar-refractivity contribution in [2.45, 2.75) is 18.5 Å². The van der Waals surface area contributed by atoms with E-state index < -0.39 is 30.5 Å². The number of carbonyl (C=O) groups excluding carboxylic acids is 1. The van der Waals surface area contributed by atoms with Gasteiger partial charge in [-0.1, -0.05) is 12.2 Å². The van der Waals surface area contributed by atoms with Gasteiger partial charge < -0.3 is 34.7 Å². The molecule has 9 nitrogen and oxygen atoms in total. The minimum Gasteiger partial charge on any atom is -0.497 e. The van der Waals surface area contributed by atoms with E-state index in [0.717, 1.165) is 10.9 Å². The largest absolute Gasteiger partial charge is 0.497 e. The van der Waals surface area contributed by atoms with Gasteiger partial charge in [-0.15, -0.1) is 0 Å². The van der Waals surface area contributed by atoms with E-state index in [0.29, 0.717) is 39.5 Å². The van der Waals surface area contributed by atoms with Crippen LogP contribution in [0.1, 0.15) is 22.6 Å². The number of nitrogens with one attached hydrogen (secondary N) is 1. The van der Waals surface area contributed by atoms with Crippen LogP contribution in [0, 0.1) is 5.92 Å². The van der Waals surface area contributed by atoms with Gasteiger partial charge in [0, 0.05) is 52.3 Å². The van der Waals surface area contributed by atoms with E-state index in [4.69, 9.17) is 9.47 Å². The zero-order chi connectivity index (χ0) is 26.3. The lowest BCUT2D eigenvalue weighted by Gasteiger charge is -2.36.